The summed E-state index contributed by atoms with van der Waals surface area (Å²) in [5.74, 6) is 0.0107. The van der Waals surface area contributed by atoms with E-state index in [0.717, 1.165) is 11.1 Å². The fourth-order valence-electron chi connectivity index (χ4n) is 1.21. The molecule has 0 aromatic heterocycles. The van der Waals surface area contributed by atoms with Crippen molar-refractivity contribution >= 4 is 5.78 Å². The Morgan fingerprint density at radius 3 is 2.79 bits per heavy atom. The highest BCUT2D eigenvalue weighted by Gasteiger charge is 2.07. The van der Waals surface area contributed by atoms with Gasteiger partial charge in [-0.15, -0.1) is 0 Å². The molecule has 1 aromatic rings. The van der Waals surface area contributed by atoms with Crippen LogP contribution >= 0.6 is 0 Å². The molecule has 0 fully saturated rings. The van der Waals surface area contributed by atoms with E-state index in [1.54, 1.807) is 0 Å². The predicted octanol–water partition coefficient (Wildman–Crippen LogP) is 1.15. The molecule has 0 aliphatic heterocycles. The van der Waals surface area contributed by atoms with Crippen LogP contribution in [0.4, 0.5) is 0 Å². The van der Waals surface area contributed by atoms with E-state index in [0.29, 0.717) is 13.2 Å². The van der Waals surface area contributed by atoms with Gasteiger partial charge in [0, 0.05) is 12.1 Å². The lowest BCUT2D eigenvalue weighted by molar-refractivity contribution is 0.0773. The van der Waals surface area contributed by atoms with Gasteiger partial charge in [-0.2, -0.15) is 0 Å². The molecule has 0 atom stereocenters. The van der Waals surface area contributed by atoms with Crippen molar-refractivity contribution in [1.29, 1.82) is 0 Å². The third kappa shape index (κ3) is 2.94. The van der Waals surface area contributed by atoms with Crippen LogP contribution in [0.25, 0.3) is 0 Å². The fourth-order valence-corrected chi connectivity index (χ4v) is 1.21. The molecule has 0 unspecified atom stereocenters. The third-order valence-corrected chi connectivity index (χ3v) is 1.94. The van der Waals surface area contributed by atoms with Crippen molar-refractivity contribution in [2.24, 2.45) is 5.73 Å². The quantitative estimate of drug-likeness (QED) is 0.564. The molecule has 3 nitrogen and oxygen atoms in total. The van der Waals surface area contributed by atoms with Crippen molar-refractivity contribution in [2.45, 2.75) is 6.92 Å². The molecule has 0 saturated carbocycles. The van der Waals surface area contributed by atoms with E-state index in [-0.39, 0.29) is 12.4 Å². The van der Waals surface area contributed by atoms with Gasteiger partial charge in [0.1, 0.15) is 6.61 Å². The van der Waals surface area contributed by atoms with Crippen molar-refractivity contribution < 1.29 is 9.53 Å². The molecule has 3 heteroatoms. The van der Waals surface area contributed by atoms with Crippen LogP contribution in [0.15, 0.2) is 24.3 Å². The second-order valence-electron chi connectivity index (χ2n) is 3.08. The Morgan fingerprint density at radius 1 is 1.43 bits per heavy atom. The first-order valence-corrected chi connectivity index (χ1v) is 4.62. The van der Waals surface area contributed by atoms with Gasteiger partial charge >= 0.3 is 0 Å². The van der Waals surface area contributed by atoms with Gasteiger partial charge in [-0.25, -0.2) is 0 Å². The Bertz CT molecular complexity index is 310. The molecule has 0 aliphatic rings. The largest absolute Gasteiger partial charge is 0.372 e. The molecular weight excluding hydrogens is 178 g/mol. The standard InChI is InChI=1S/C11H15NO2/c1-9-4-2-3-5-10(9)11(13)8-14-7-6-12/h2-5H,6-8,12H2,1H3. The van der Waals surface area contributed by atoms with E-state index in [4.69, 9.17) is 10.5 Å². The Balaban J connectivity index is 2.56. The first kappa shape index (κ1) is 10.9. The van der Waals surface area contributed by atoms with Crippen molar-refractivity contribution in [2.75, 3.05) is 19.8 Å². The number of carbonyl (C=O) groups excluding carboxylic acids is 1. The molecule has 0 amide bonds. The van der Waals surface area contributed by atoms with Crippen LogP contribution < -0.4 is 5.73 Å². The second-order valence-corrected chi connectivity index (χ2v) is 3.08. The SMILES string of the molecule is Cc1ccccc1C(=O)COCCN. The topological polar surface area (TPSA) is 52.3 Å². The van der Waals surface area contributed by atoms with Crippen molar-refractivity contribution in [1.82, 2.24) is 0 Å². The Labute approximate surface area is 83.9 Å². The Kier molecular flexibility index (Phi) is 4.29. The highest BCUT2D eigenvalue weighted by molar-refractivity contribution is 5.98. The van der Waals surface area contributed by atoms with Crippen LogP contribution in [0, 0.1) is 6.92 Å². The summed E-state index contributed by atoms with van der Waals surface area (Å²) in [4.78, 5) is 11.6. The third-order valence-electron chi connectivity index (χ3n) is 1.94. The first-order chi connectivity index (χ1) is 6.75. The average molecular weight is 193 g/mol. The number of aryl methyl sites for hydroxylation is 1. The molecule has 0 heterocycles. The van der Waals surface area contributed by atoms with Gasteiger partial charge in [-0.1, -0.05) is 24.3 Å². The lowest BCUT2D eigenvalue weighted by atomic mass is 10.1. The van der Waals surface area contributed by atoms with Crippen LogP contribution in [0.5, 0.6) is 0 Å². The Hall–Kier alpha value is -1.19. The highest BCUT2D eigenvalue weighted by Crippen LogP contribution is 2.07. The highest BCUT2D eigenvalue weighted by atomic mass is 16.5. The zero-order chi connectivity index (χ0) is 10.4. The van der Waals surface area contributed by atoms with Crippen LogP contribution in [0.1, 0.15) is 15.9 Å². The number of Topliss-reactive ketones (excluding diaryl/α,β-unsaturated/α-hetero) is 1. The molecule has 0 saturated heterocycles. The van der Waals surface area contributed by atoms with E-state index < -0.39 is 0 Å². The summed E-state index contributed by atoms with van der Waals surface area (Å²) in [7, 11) is 0. The molecule has 0 spiro atoms. The number of ketones is 1. The minimum absolute atomic E-state index is 0.0107. The molecule has 14 heavy (non-hydrogen) atoms. The van der Waals surface area contributed by atoms with Gasteiger partial charge in [-0.3, -0.25) is 4.79 Å². The van der Waals surface area contributed by atoms with E-state index in [1.165, 1.54) is 0 Å². The number of rotatable bonds is 5. The second kappa shape index (κ2) is 5.52. The molecular formula is C11H15NO2. The fraction of sp³-hybridized carbons (Fsp3) is 0.364. The molecule has 76 valence electrons. The summed E-state index contributed by atoms with van der Waals surface area (Å²) in [6.45, 7) is 2.90. The minimum Gasteiger partial charge on any atom is -0.372 e. The van der Waals surface area contributed by atoms with Gasteiger partial charge in [0.15, 0.2) is 5.78 Å². The zero-order valence-electron chi connectivity index (χ0n) is 8.32. The van der Waals surface area contributed by atoms with Crippen molar-refractivity contribution in [3.05, 3.63) is 35.4 Å². The molecule has 1 rings (SSSR count). The maximum absolute atomic E-state index is 11.6. The smallest absolute Gasteiger partial charge is 0.188 e. The number of hydrogen-bond acceptors (Lipinski definition) is 3. The zero-order valence-corrected chi connectivity index (χ0v) is 8.32. The first-order valence-electron chi connectivity index (χ1n) is 4.62. The number of carbonyl (C=O) groups is 1. The number of ether oxygens (including phenoxy) is 1. The summed E-state index contributed by atoms with van der Waals surface area (Å²) < 4.78 is 5.08. The van der Waals surface area contributed by atoms with Crippen molar-refractivity contribution in [3.63, 3.8) is 0 Å². The maximum atomic E-state index is 11.6. The Morgan fingerprint density at radius 2 is 2.14 bits per heavy atom. The molecule has 2 N–H and O–H groups in total. The summed E-state index contributed by atoms with van der Waals surface area (Å²) in [6, 6.07) is 7.48. The molecule has 0 aliphatic carbocycles. The van der Waals surface area contributed by atoms with Crippen LogP contribution in [0.2, 0.25) is 0 Å². The van der Waals surface area contributed by atoms with Gasteiger partial charge in [-0.05, 0) is 12.5 Å². The van der Waals surface area contributed by atoms with Crippen LogP contribution in [-0.4, -0.2) is 25.5 Å². The molecule has 1 aromatic carbocycles. The predicted molar refractivity (Wildman–Crippen MR) is 55.4 cm³/mol. The number of hydrogen-bond donors (Lipinski definition) is 1. The van der Waals surface area contributed by atoms with Crippen molar-refractivity contribution in [3.8, 4) is 0 Å². The van der Waals surface area contributed by atoms with Crippen LogP contribution in [-0.2, 0) is 4.74 Å². The molecule has 0 bridgehead atoms. The molecule has 0 radical (unpaired) electrons. The van der Waals surface area contributed by atoms with E-state index in [2.05, 4.69) is 0 Å². The normalized spacial score (nSPS) is 10.1. The van der Waals surface area contributed by atoms with E-state index >= 15 is 0 Å². The maximum Gasteiger partial charge on any atom is 0.188 e. The monoisotopic (exact) mass is 193 g/mol. The summed E-state index contributed by atoms with van der Waals surface area (Å²) in [6.07, 6.45) is 0. The van der Waals surface area contributed by atoms with Gasteiger partial charge in [0.05, 0.1) is 6.61 Å². The average Bonchev–Trinajstić information content (AvgIpc) is 2.18. The van der Waals surface area contributed by atoms with Gasteiger partial charge < -0.3 is 10.5 Å². The minimum atomic E-state index is 0.0107. The number of nitrogens with two attached hydrogens (primary N) is 1. The summed E-state index contributed by atoms with van der Waals surface area (Å²) in [5, 5.41) is 0. The van der Waals surface area contributed by atoms with E-state index in [1.807, 2.05) is 31.2 Å². The lowest BCUT2D eigenvalue weighted by Gasteiger charge is -2.04. The summed E-state index contributed by atoms with van der Waals surface area (Å²) >= 11 is 0. The summed E-state index contributed by atoms with van der Waals surface area (Å²) in [5.41, 5.74) is 6.95. The van der Waals surface area contributed by atoms with E-state index in [9.17, 15) is 4.79 Å². The van der Waals surface area contributed by atoms with Crippen LogP contribution in [0.3, 0.4) is 0 Å². The van der Waals surface area contributed by atoms with Gasteiger partial charge in [0.2, 0.25) is 0 Å². The lowest BCUT2D eigenvalue weighted by Crippen LogP contribution is -2.15. The van der Waals surface area contributed by atoms with Gasteiger partial charge in [0.25, 0.3) is 0 Å². The number of benzene rings is 1.